The second-order valence-electron chi connectivity index (χ2n) is 8.04. The molecule has 28 heavy (non-hydrogen) atoms. The van der Waals surface area contributed by atoms with Crippen molar-refractivity contribution < 1.29 is 9.90 Å². The quantitative estimate of drug-likeness (QED) is 0.652. The number of carboxylic acid groups (broad SMARTS) is 1. The number of fused-ring (bicyclic) bond motifs is 3. The van der Waals surface area contributed by atoms with Crippen LogP contribution in [0.5, 0.6) is 0 Å². The molecule has 3 heterocycles. The van der Waals surface area contributed by atoms with Crippen LogP contribution in [0.2, 0.25) is 10.0 Å². The Hall–Kier alpha value is -1.91. The smallest absolute Gasteiger partial charge is 0.407 e. The number of carbonyl (C=O) groups is 1. The number of likely N-dealkylation sites (tertiary alicyclic amines) is 1. The lowest BCUT2D eigenvalue weighted by molar-refractivity contribution is 0.127. The third-order valence-electron chi connectivity index (χ3n) is 6.50. The Kier molecular flexibility index (Phi) is 4.44. The van der Waals surface area contributed by atoms with E-state index < -0.39 is 6.09 Å². The molecule has 0 spiro atoms. The van der Waals surface area contributed by atoms with Crippen LogP contribution in [0.25, 0.3) is 11.1 Å². The average molecular weight is 417 g/mol. The van der Waals surface area contributed by atoms with E-state index in [0.717, 1.165) is 30.5 Å². The van der Waals surface area contributed by atoms with Crippen molar-refractivity contribution in [2.75, 3.05) is 24.5 Å². The highest BCUT2D eigenvalue weighted by molar-refractivity contribution is 6.42. The fourth-order valence-corrected chi connectivity index (χ4v) is 5.52. The summed E-state index contributed by atoms with van der Waals surface area (Å²) in [7, 11) is 0. The first-order valence-corrected chi connectivity index (χ1v) is 10.7. The maximum atomic E-state index is 11.6. The lowest BCUT2D eigenvalue weighted by atomic mass is 9.86. The van der Waals surface area contributed by atoms with Crippen molar-refractivity contribution in [3.05, 3.63) is 51.5 Å². The molecule has 2 aromatic rings. The van der Waals surface area contributed by atoms with Gasteiger partial charge in [0, 0.05) is 37.3 Å². The molecule has 4 nitrogen and oxygen atoms in total. The number of hydrogen-bond donors (Lipinski definition) is 1. The molecule has 0 bridgehead atoms. The predicted octanol–water partition coefficient (Wildman–Crippen LogP) is 5.65. The standard InChI is InChI=1S/C22H22Cl2N2O2/c23-18-5-4-13(11-19(18)24)15-9-14-3-1-2-7-26-20-6-8-25(22(27)28)12-17(20)16(10-15)21(14)26/h4-5,9-11,17,20H,1-3,6-8,12H2,(H,27,28)/t17-,20-/m0/s1. The van der Waals surface area contributed by atoms with Gasteiger partial charge >= 0.3 is 6.09 Å². The predicted molar refractivity (Wildman–Crippen MR) is 113 cm³/mol. The van der Waals surface area contributed by atoms with Crippen LogP contribution in [0.1, 0.15) is 36.3 Å². The largest absolute Gasteiger partial charge is 0.465 e. The molecule has 5 rings (SSSR count). The van der Waals surface area contributed by atoms with Crippen LogP contribution < -0.4 is 4.90 Å². The summed E-state index contributed by atoms with van der Waals surface area (Å²) in [5, 5.41) is 10.6. The normalized spacial score (nSPS) is 23.2. The first kappa shape index (κ1) is 18.1. The van der Waals surface area contributed by atoms with E-state index in [2.05, 4.69) is 17.0 Å². The Labute approximate surface area is 174 Å². The molecule has 0 aromatic heterocycles. The van der Waals surface area contributed by atoms with E-state index in [9.17, 15) is 9.90 Å². The van der Waals surface area contributed by atoms with E-state index in [-0.39, 0.29) is 5.92 Å². The van der Waals surface area contributed by atoms with Crippen LogP contribution in [-0.4, -0.2) is 41.8 Å². The second-order valence-corrected chi connectivity index (χ2v) is 8.86. The zero-order valence-electron chi connectivity index (χ0n) is 15.5. The van der Waals surface area contributed by atoms with Crippen molar-refractivity contribution >= 4 is 35.0 Å². The number of aryl methyl sites for hydroxylation is 1. The average Bonchev–Trinajstić information content (AvgIpc) is 2.84. The number of hydrogen-bond acceptors (Lipinski definition) is 2. The number of amides is 1. The molecule has 1 saturated heterocycles. The minimum atomic E-state index is -0.814. The maximum absolute atomic E-state index is 11.6. The van der Waals surface area contributed by atoms with Crippen molar-refractivity contribution in [3.63, 3.8) is 0 Å². The van der Waals surface area contributed by atoms with Gasteiger partial charge in [-0.05, 0) is 72.2 Å². The minimum absolute atomic E-state index is 0.236. The maximum Gasteiger partial charge on any atom is 0.407 e. The summed E-state index contributed by atoms with van der Waals surface area (Å²) in [6.45, 7) is 2.27. The van der Waals surface area contributed by atoms with Crippen molar-refractivity contribution in [3.8, 4) is 11.1 Å². The number of halogens is 2. The van der Waals surface area contributed by atoms with Gasteiger partial charge in [-0.1, -0.05) is 29.3 Å². The summed E-state index contributed by atoms with van der Waals surface area (Å²) in [5.74, 6) is 0.236. The molecule has 0 unspecified atom stereocenters. The van der Waals surface area contributed by atoms with Gasteiger partial charge in [-0.25, -0.2) is 4.79 Å². The van der Waals surface area contributed by atoms with E-state index in [0.29, 0.717) is 29.2 Å². The number of anilines is 1. The molecule has 2 aromatic carbocycles. The third-order valence-corrected chi connectivity index (χ3v) is 7.24. The Balaban J connectivity index is 1.64. The van der Waals surface area contributed by atoms with Crippen molar-refractivity contribution in [2.45, 2.75) is 37.6 Å². The highest BCUT2D eigenvalue weighted by Crippen LogP contribution is 2.49. The number of rotatable bonds is 1. The molecular formula is C22H22Cl2N2O2. The van der Waals surface area contributed by atoms with Gasteiger partial charge in [0.2, 0.25) is 0 Å². The summed E-state index contributed by atoms with van der Waals surface area (Å²) in [6, 6.07) is 10.7. The van der Waals surface area contributed by atoms with Gasteiger partial charge in [-0.2, -0.15) is 0 Å². The van der Waals surface area contributed by atoms with Gasteiger partial charge in [0.1, 0.15) is 0 Å². The van der Waals surface area contributed by atoms with Gasteiger partial charge in [-0.3, -0.25) is 0 Å². The first-order valence-electron chi connectivity index (χ1n) is 9.89. The van der Waals surface area contributed by atoms with E-state index in [1.165, 1.54) is 29.7 Å². The highest BCUT2D eigenvalue weighted by Gasteiger charge is 2.44. The van der Waals surface area contributed by atoms with E-state index in [1.54, 1.807) is 4.90 Å². The molecule has 2 atom stereocenters. The van der Waals surface area contributed by atoms with Gasteiger partial charge in [0.25, 0.3) is 0 Å². The molecule has 3 aliphatic rings. The van der Waals surface area contributed by atoms with Crippen LogP contribution in [0.15, 0.2) is 30.3 Å². The van der Waals surface area contributed by atoms with E-state index >= 15 is 0 Å². The van der Waals surface area contributed by atoms with E-state index in [4.69, 9.17) is 23.2 Å². The fourth-order valence-electron chi connectivity index (χ4n) is 5.22. The Morgan fingerprint density at radius 3 is 2.68 bits per heavy atom. The van der Waals surface area contributed by atoms with Gasteiger partial charge in [-0.15, -0.1) is 0 Å². The highest BCUT2D eigenvalue weighted by atomic mass is 35.5. The summed E-state index contributed by atoms with van der Waals surface area (Å²) < 4.78 is 0. The summed E-state index contributed by atoms with van der Waals surface area (Å²) in [5.41, 5.74) is 6.24. The van der Waals surface area contributed by atoms with Gasteiger partial charge < -0.3 is 14.9 Å². The summed E-state index contributed by atoms with van der Waals surface area (Å²) in [4.78, 5) is 15.7. The lowest BCUT2D eigenvalue weighted by Gasteiger charge is -2.37. The molecule has 1 N–H and O–H groups in total. The lowest BCUT2D eigenvalue weighted by Crippen LogP contribution is -2.48. The topological polar surface area (TPSA) is 43.8 Å². The summed E-state index contributed by atoms with van der Waals surface area (Å²) in [6.07, 6.45) is 3.52. The fraction of sp³-hybridized carbons (Fsp3) is 0.409. The molecule has 3 aliphatic heterocycles. The zero-order chi connectivity index (χ0) is 19.4. The number of nitrogens with zero attached hydrogens (tertiary/aromatic N) is 2. The zero-order valence-corrected chi connectivity index (χ0v) is 17.0. The monoisotopic (exact) mass is 416 g/mol. The molecule has 0 radical (unpaired) electrons. The van der Waals surface area contributed by atoms with Crippen LogP contribution >= 0.6 is 23.2 Å². The molecular weight excluding hydrogens is 395 g/mol. The van der Waals surface area contributed by atoms with Gasteiger partial charge in [0.15, 0.2) is 0 Å². The van der Waals surface area contributed by atoms with Crippen molar-refractivity contribution in [1.82, 2.24) is 4.90 Å². The van der Waals surface area contributed by atoms with Crippen LogP contribution in [-0.2, 0) is 6.42 Å². The van der Waals surface area contributed by atoms with Crippen molar-refractivity contribution in [1.29, 1.82) is 0 Å². The van der Waals surface area contributed by atoms with Crippen LogP contribution in [0.4, 0.5) is 10.5 Å². The first-order chi connectivity index (χ1) is 13.5. The Morgan fingerprint density at radius 1 is 1.04 bits per heavy atom. The minimum Gasteiger partial charge on any atom is -0.465 e. The second kappa shape index (κ2) is 6.85. The summed E-state index contributed by atoms with van der Waals surface area (Å²) >= 11 is 12.4. The SMILES string of the molecule is O=C(O)N1CC[C@H]2[C@@H](C1)c1cc(-c3ccc(Cl)c(Cl)c3)cc3c1N2CCCC3. The molecule has 146 valence electrons. The Bertz CT molecular complexity index is 962. The van der Waals surface area contributed by atoms with Crippen LogP contribution in [0.3, 0.4) is 0 Å². The van der Waals surface area contributed by atoms with Gasteiger partial charge in [0.05, 0.1) is 10.0 Å². The van der Waals surface area contributed by atoms with E-state index in [1.807, 2.05) is 18.2 Å². The molecule has 0 aliphatic carbocycles. The number of benzene rings is 2. The number of piperidine rings is 1. The van der Waals surface area contributed by atoms with Crippen LogP contribution in [0, 0.1) is 0 Å². The van der Waals surface area contributed by atoms with Crippen molar-refractivity contribution in [2.24, 2.45) is 0 Å². The Morgan fingerprint density at radius 2 is 1.89 bits per heavy atom. The molecule has 1 amide bonds. The molecule has 1 fully saturated rings. The molecule has 6 heteroatoms. The molecule has 0 saturated carbocycles. The third kappa shape index (κ3) is 2.85.